The van der Waals surface area contributed by atoms with Gasteiger partial charge in [-0.2, -0.15) is 0 Å². The Morgan fingerprint density at radius 3 is 2.68 bits per heavy atom. The number of phenolic OH excluding ortho intramolecular Hbond substituents is 1. The summed E-state index contributed by atoms with van der Waals surface area (Å²) < 4.78 is 11.3. The van der Waals surface area contributed by atoms with E-state index < -0.39 is 17.7 Å². The van der Waals surface area contributed by atoms with Crippen molar-refractivity contribution in [3.05, 3.63) is 81.9 Å². The third-order valence-corrected chi connectivity index (χ3v) is 7.28. The monoisotopic (exact) mass is 534 g/mol. The van der Waals surface area contributed by atoms with Crippen LogP contribution in [0.1, 0.15) is 29.7 Å². The van der Waals surface area contributed by atoms with E-state index in [2.05, 4.69) is 0 Å². The van der Waals surface area contributed by atoms with Crippen LogP contribution in [0.4, 0.5) is 11.4 Å². The van der Waals surface area contributed by atoms with E-state index in [9.17, 15) is 19.8 Å². The number of rotatable bonds is 5. The second kappa shape index (κ2) is 9.95. The first-order valence-corrected chi connectivity index (χ1v) is 12.6. The summed E-state index contributed by atoms with van der Waals surface area (Å²) in [6, 6.07) is 13.8. The van der Waals surface area contributed by atoms with E-state index in [1.165, 1.54) is 11.0 Å². The number of aliphatic hydroxyl groups is 1. The molecule has 2 N–H and O–H groups in total. The number of fused-ring (bicyclic) bond motifs is 1. The van der Waals surface area contributed by atoms with Gasteiger partial charge in [0.25, 0.3) is 11.7 Å². The van der Waals surface area contributed by atoms with Crippen molar-refractivity contribution < 1.29 is 29.3 Å². The van der Waals surface area contributed by atoms with Gasteiger partial charge in [-0.1, -0.05) is 23.7 Å². The van der Waals surface area contributed by atoms with Crippen LogP contribution in [0.25, 0.3) is 5.76 Å². The summed E-state index contributed by atoms with van der Waals surface area (Å²) in [5.41, 5.74) is 2.58. The molecule has 0 aliphatic carbocycles. The molecular weight excluding hydrogens is 508 g/mol. The Labute approximate surface area is 225 Å². The molecule has 5 rings (SSSR count). The maximum atomic E-state index is 13.6. The molecule has 0 saturated carbocycles. The van der Waals surface area contributed by atoms with E-state index in [-0.39, 0.29) is 22.8 Å². The van der Waals surface area contributed by atoms with Gasteiger partial charge in [0.15, 0.2) is 11.5 Å². The number of halogens is 1. The Balaban J connectivity index is 1.74. The molecule has 1 fully saturated rings. The second-order valence-electron chi connectivity index (χ2n) is 9.17. The van der Waals surface area contributed by atoms with Crippen molar-refractivity contribution in [1.82, 2.24) is 0 Å². The van der Waals surface area contributed by atoms with Crippen LogP contribution in [0.3, 0.4) is 0 Å². The lowest BCUT2D eigenvalue weighted by Gasteiger charge is -2.29. The highest BCUT2D eigenvalue weighted by Crippen LogP contribution is 2.46. The number of amides is 1. The highest BCUT2D eigenvalue weighted by Gasteiger charge is 2.47. The van der Waals surface area contributed by atoms with Crippen LogP contribution in [-0.4, -0.2) is 48.7 Å². The number of ether oxygens (including phenoxy) is 2. The van der Waals surface area contributed by atoms with Crippen LogP contribution in [0.5, 0.6) is 17.2 Å². The third kappa shape index (κ3) is 4.20. The highest BCUT2D eigenvalue weighted by atomic mass is 35.5. The molecule has 2 aliphatic heterocycles. The Morgan fingerprint density at radius 2 is 1.92 bits per heavy atom. The number of carbonyl (C=O) groups is 2. The number of Topliss-reactive ketones (excluding diaryl/α,β-unsaturated/α-hetero) is 1. The van der Waals surface area contributed by atoms with Gasteiger partial charge in [-0.05, 0) is 67.4 Å². The van der Waals surface area contributed by atoms with Crippen molar-refractivity contribution in [3.8, 4) is 17.2 Å². The molecule has 38 heavy (non-hydrogen) atoms. The number of carbonyl (C=O) groups excluding carboxylic acids is 2. The minimum atomic E-state index is -1.00. The molecule has 2 heterocycles. The number of ketones is 1. The predicted octanol–water partition coefficient (Wildman–Crippen LogP) is 5.21. The molecule has 1 atom stereocenters. The molecule has 196 valence electrons. The first kappa shape index (κ1) is 25.5. The molecule has 1 amide bonds. The Kier molecular flexibility index (Phi) is 6.67. The summed E-state index contributed by atoms with van der Waals surface area (Å²) in [6.45, 7) is 5.06. The van der Waals surface area contributed by atoms with E-state index in [1.807, 2.05) is 11.9 Å². The summed E-state index contributed by atoms with van der Waals surface area (Å²) >= 11 is 6.38. The van der Waals surface area contributed by atoms with Crippen molar-refractivity contribution >= 4 is 40.4 Å². The maximum absolute atomic E-state index is 13.6. The summed E-state index contributed by atoms with van der Waals surface area (Å²) in [5.74, 6) is -1.16. The number of nitrogens with zero attached hydrogens (tertiary/aromatic N) is 2. The predicted molar refractivity (Wildman–Crippen MR) is 145 cm³/mol. The second-order valence-corrected chi connectivity index (χ2v) is 9.57. The number of phenols is 1. The molecule has 0 bridgehead atoms. The Bertz CT molecular complexity index is 1480. The standard InChI is InChI=1S/C29H27ClN2O6/c1-4-37-24-15-17(8-10-22(24)33)26-25(27(34)18-9-11-23-21(14-18)31(3)12-13-38-23)28(35)29(36)32(26)20-7-5-6-19(30)16(20)2/h5-11,14-15,26,33-34H,4,12-13H2,1-3H3/b27-25+. The van der Waals surface area contributed by atoms with Crippen molar-refractivity contribution in [1.29, 1.82) is 0 Å². The normalized spacial score (nSPS) is 18.4. The van der Waals surface area contributed by atoms with Gasteiger partial charge in [0.1, 0.15) is 18.1 Å². The summed E-state index contributed by atoms with van der Waals surface area (Å²) in [6.07, 6.45) is 0. The smallest absolute Gasteiger partial charge is 0.300 e. The highest BCUT2D eigenvalue weighted by molar-refractivity contribution is 6.52. The van der Waals surface area contributed by atoms with Crippen LogP contribution in [0, 0.1) is 6.92 Å². The molecule has 3 aromatic carbocycles. The van der Waals surface area contributed by atoms with Crippen LogP contribution < -0.4 is 19.3 Å². The lowest BCUT2D eigenvalue weighted by Crippen LogP contribution is -2.30. The van der Waals surface area contributed by atoms with Gasteiger partial charge in [0.05, 0.1) is 30.5 Å². The van der Waals surface area contributed by atoms with E-state index in [4.69, 9.17) is 21.1 Å². The molecule has 0 spiro atoms. The van der Waals surface area contributed by atoms with Crippen LogP contribution in [0.2, 0.25) is 5.02 Å². The fourth-order valence-electron chi connectivity index (χ4n) is 4.88. The number of benzene rings is 3. The van der Waals surface area contributed by atoms with Crippen molar-refractivity contribution in [2.45, 2.75) is 19.9 Å². The molecule has 1 saturated heterocycles. The molecule has 9 heteroatoms. The van der Waals surface area contributed by atoms with Gasteiger partial charge in [0, 0.05) is 23.3 Å². The van der Waals surface area contributed by atoms with Gasteiger partial charge < -0.3 is 24.6 Å². The lowest BCUT2D eigenvalue weighted by molar-refractivity contribution is -0.132. The van der Waals surface area contributed by atoms with Gasteiger partial charge >= 0.3 is 0 Å². The quantitative estimate of drug-likeness (QED) is 0.263. The molecule has 1 unspecified atom stereocenters. The van der Waals surface area contributed by atoms with E-state index in [1.54, 1.807) is 62.4 Å². The van der Waals surface area contributed by atoms with Crippen molar-refractivity contribution in [2.75, 3.05) is 36.6 Å². The molecular formula is C29H27ClN2O6. The summed E-state index contributed by atoms with van der Waals surface area (Å²) in [7, 11) is 1.91. The minimum Gasteiger partial charge on any atom is -0.507 e. The zero-order valence-corrected chi connectivity index (χ0v) is 22.0. The summed E-state index contributed by atoms with van der Waals surface area (Å²) in [5, 5.41) is 22.3. The van der Waals surface area contributed by atoms with E-state index in [0.29, 0.717) is 52.9 Å². The number of aliphatic hydroxyl groups excluding tert-OH is 1. The molecule has 0 radical (unpaired) electrons. The first-order valence-electron chi connectivity index (χ1n) is 12.2. The zero-order chi connectivity index (χ0) is 27.1. The number of hydrogen-bond acceptors (Lipinski definition) is 7. The zero-order valence-electron chi connectivity index (χ0n) is 21.2. The molecule has 2 aliphatic rings. The summed E-state index contributed by atoms with van der Waals surface area (Å²) in [4.78, 5) is 30.4. The van der Waals surface area contributed by atoms with Crippen LogP contribution in [-0.2, 0) is 9.59 Å². The fraction of sp³-hybridized carbons (Fsp3) is 0.241. The maximum Gasteiger partial charge on any atom is 0.300 e. The average Bonchev–Trinajstić information content (AvgIpc) is 3.17. The topological polar surface area (TPSA) is 99.5 Å². The third-order valence-electron chi connectivity index (χ3n) is 6.87. The van der Waals surface area contributed by atoms with Crippen LogP contribution >= 0.6 is 11.6 Å². The number of likely N-dealkylation sites (N-methyl/N-ethyl adjacent to an activating group) is 1. The number of hydrogen-bond donors (Lipinski definition) is 2. The largest absolute Gasteiger partial charge is 0.507 e. The van der Waals surface area contributed by atoms with Gasteiger partial charge in [-0.15, -0.1) is 0 Å². The first-order chi connectivity index (χ1) is 18.2. The van der Waals surface area contributed by atoms with Crippen molar-refractivity contribution in [2.24, 2.45) is 0 Å². The molecule has 8 nitrogen and oxygen atoms in total. The van der Waals surface area contributed by atoms with Crippen molar-refractivity contribution in [3.63, 3.8) is 0 Å². The number of aromatic hydroxyl groups is 1. The Hall–Kier alpha value is -4.17. The van der Waals surface area contributed by atoms with E-state index in [0.717, 1.165) is 5.69 Å². The number of anilines is 2. The van der Waals surface area contributed by atoms with Crippen LogP contribution in [0.15, 0.2) is 60.2 Å². The van der Waals surface area contributed by atoms with E-state index >= 15 is 0 Å². The lowest BCUT2D eigenvalue weighted by atomic mass is 9.94. The SMILES string of the molecule is CCOc1cc(C2/C(=C(\O)c3ccc4c(c3)N(C)CCO4)C(=O)C(=O)N2c2cccc(Cl)c2C)ccc1O. The fourth-order valence-corrected chi connectivity index (χ4v) is 5.05. The minimum absolute atomic E-state index is 0.0794. The Morgan fingerprint density at radius 1 is 1.13 bits per heavy atom. The van der Waals surface area contributed by atoms with Gasteiger partial charge in [-0.3, -0.25) is 14.5 Å². The van der Waals surface area contributed by atoms with Gasteiger partial charge in [-0.25, -0.2) is 0 Å². The average molecular weight is 535 g/mol. The molecule has 0 aromatic heterocycles. The molecule has 3 aromatic rings. The van der Waals surface area contributed by atoms with Gasteiger partial charge in [0.2, 0.25) is 0 Å².